The van der Waals surface area contributed by atoms with E-state index in [1.165, 1.54) is 0 Å². The van der Waals surface area contributed by atoms with E-state index < -0.39 is 0 Å². The molecule has 116 valence electrons. The Hall–Kier alpha value is -2.63. The molecule has 0 atom stereocenters. The quantitative estimate of drug-likeness (QED) is 0.908. The third kappa shape index (κ3) is 4.44. The summed E-state index contributed by atoms with van der Waals surface area (Å²) in [6.07, 6.45) is 1.55. The normalized spacial score (nSPS) is 10.9. The third-order valence-electron chi connectivity index (χ3n) is 2.70. The second kappa shape index (κ2) is 6.43. The molecule has 0 bridgehead atoms. The predicted molar refractivity (Wildman–Crippen MR) is 85.5 cm³/mol. The summed E-state index contributed by atoms with van der Waals surface area (Å²) in [5.74, 6) is 0.852. The van der Waals surface area contributed by atoms with Gasteiger partial charge in [0.05, 0.1) is 7.11 Å². The molecule has 0 unspecified atom stereocenters. The Morgan fingerprint density at radius 3 is 2.68 bits per heavy atom. The standard InChI is InChI=1S/C16H20N4O2/c1-16(2,3)20-14(21)13-8-9-17-15(19-13)18-11-6-5-7-12(10-11)22-4/h5-10H,1-4H3,(H,20,21)(H,17,18,19). The fourth-order valence-electron chi connectivity index (χ4n) is 1.78. The van der Waals surface area contributed by atoms with Crippen LogP contribution >= 0.6 is 0 Å². The molecule has 1 heterocycles. The largest absolute Gasteiger partial charge is 0.497 e. The molecule has 0 spiro atoms. The number of aromatic nitrogens is 2. The van der Waals surface area contributed by atoms with Crippen molar-refractivity contribution in [1.29, 1.82) is 0 Å². The summed E-state index contributed by atoms with van der Waals surface area (Å²) in [5.41, 5.74) is 0.783. The zero-order valence-electron chi connectivity index (χ0n) is 13.2. The number of carbonyl (C=O) groups excluding carboxylic acids is 1. The molecule has 6 heteroatoms. The number of nitrogens with one attached hydrogen (secondary N) is 2. The summed E-state index contributed by atoms with van der Waals surface area (Å²) in [7, 11) is 1.60. The van der Waals surface area contributed by atoms with Crippen molar-refractivity contribution in [2.75, 3.05) is 12.4 Å². The number of methoxy groups -OCH3 is 1. The van der Waals surface area contributed by atoms with E-state index >= 15 is 0 Å². The van der Waals surface area contributed by atoms with Crippen LogP contribution in [0.5, 0.6) is 5.75 Å². The summed E-state index contributed by atoms with van der Waals surface area (Å²) < 4.78 is 5.16. The Kier molecular flexibility index (Phi) is 4.60. The molecule has 22 heavy (non-hydrogen) atoms. The van der Waals surface area contributed by atoms with Crippen LogP contribution in [0.4, 0.5) is 11.6 Å². The first kappa shape index (κ1) is 15.8. The molecule has 0 aliphatic carbocycles. The number of anilines is 2. The van der Waals surface area contributed by atoms with Gasteiger partial charge in [-0.25, -0.2) is 9.97 Å². The first-order valence-corrected chi connectivity index (χ1v) is 6.94. The molecule has 1 aromatic heterocycles. The van der Waals surface area contributed by atoms with Crippen LogP contribution in [0.1, 0.15) is 31.3 Å². The number of rotatable bonds is 4. The number of benzene rings is 1. The van der Waals surface area contributed by atoms with Crippen molar-refractivity contribution in [2.45, 2.75) is 26.3 Å². The monoisotopic (exact) mass is 300 g/mol. The molecule has 0 saturated heterocycles. The molecule has 0 radical (unpaired) electrons. The third-order valence-corrected chi connectivity index (χ3v) is 2.70. The molecule has 0 fully saturated rings. The van der Waals surface area contributed by atoms with Gasteiger partial charge < -0.3 is 15.4 Å². The van der Waals surface area contributed by atoms with Gasteiger partial charge in [-0.05, 0) is 39.0 Å². The van der Waals surface area contributed by atoms with E-state index in [0.29, 0.717) is 11.6 Å². The average Bonchev–Trinajstić information content (AvgIpc) is 2.46. The van der Waals surface area contributed by atoms with Crippen LogP contribution < -0.4 is 15.4 Å². The molecule has 2 N–H and O–H groups in total. The van der Waals surface area contributed by atoms with E-state index in [2.05, 4.69) is 20.6 Å². The lowest BCUT2D eigenvalue weighted by atomic mass is 10.1. The molecule has 6 nitrogen and oxygen atoms in total. The van der Waals surface area contributed by atoms with Crippen LogP contribution in [0, 0.1) is 0 Å². The predicted octanol–water partition coefficient (Wildman–Crippen LogP) is 2.76. The van der Waals surface area contributed by atoms with Crippen LogP contribution in [0.2, 0.25) is 0 Å². The van der Waals surface area contributed by atoms with Gasteiger partial charge in [0.1, 0.15) is 11.4 Å². The lowest BCUT2D eigenvalue weighted by molar-refractivity contribution is 0.0914. The van der Waals surface area contributed by atoms with E-state index in [0.717, 1.165) is 11.4 Å². The minimum atomic E-state index is -0.317. The van der Waals surface area contributed by atoms with Crippen molar-refractivity contribution < 1.29 is 9.53 Å². The number of carbonyl (C=O) groups is 1. The van der Waals surface area contributed by atoms with Gasteiger partial charge in [-0.2, -0.15) is 0 Å². The maximum Gasteiger partial charge on any atom is 0.270 e. The maximum absolute atomic E-state index is 12.1. The zero-order chi connectivity index (χ0) is 16.2. The highest BCUT2D eigenvalue weighted by Gasteiger charge is 2.16. The fraction of sp³-hybridized carbons (Fsp3) is 0.312. The maximum atomic E-state index is 12.1. The first-order valence-electron chi connectivity index (χ1n) is 6.94. The van der Waals surface area contributed by atoms with Crippen molar-refractivity contribution in [2.24, 2.45) is 0 Å². The number of ether oxygens (including phenoxy) is 1. The molecule has 1 amide bonds. The minimum absolute atomic E-state index is 0.233. The molecule has 2 rings (SSSR count). The molecule has 2 aromatic rings. The van der Waals surface area contributed by atoms with E-state index in [-0.39, 0.29) is 11.4 Å². The Balaban J connectivity index is 2.16. The van der Waals surface area contributed by atoms with E-state index in [1.807, 2.05) is 45.0 Å². The van der Waals surface area contributed by atoms with Crippen molar-refractivity contribution in [1.82, 2.24) is 15.3 Å². The summed E-state index contributed by atoms with van der Waals surface area (Å²) in [4.78, 5) is 20.5. The highest BCUT2D eigenvalue weighted by molar-refractivity contribution is 5.92. The van der Waals surface area contributed by atoms with E-state index in [1.54, 1.807) is 19.4 Å². The van der Waals surface area contributed by atoms with Gasteiger partial charge in [-0.1, -0.05) is 6.07 Å². The van der Waals surface area contributed by atoms with Crippen molar-refractivity contribution in [3.8, 4) is 5.75 Å². The number of amides is 1. The molecule has 0 aliphatic heterocycles. The number of hydrogen-bond acceptors (Lipinski definition) is 5. The highest BCUT2D eigenvalue weighted by atomic mass is 16.5. The summed E-state index contributed by atoms with van der Waals surface area (Å²) >= 11 is 0. The smallest absolute Gasteiger partial charge is 0.270 e. The van der Waals surface area contributed by atoms with Gasteiger partial charge in [0.15, 0.2) is 0 Å². The van der Waals surface area contributed by atoms with Crippen LogP contribution in [-0.4, -0.2) is 28.5 Å². The van der Waals surface area contributed by atoms with Crippen molar-refractivity contribution in [3.63, 3.8) is 0 Å². The first-order chi connectivity index (χ1) is 10.4. The summed E-state index contributed by atoms with van der Waals surface area (Å²) in [6, 6.07) is 8.98. The lowest BCUT2D eigenvalue weighted by Crippen LogP contribution is -2.41. The van der Waals surface area contributed by atoms with Gasteiger partial charge in [-0.3, -0.25) is 4.79 Å². The second-order valence-electron chi connectivity index (χ2n) is 5.83. The fourth-order valence-corrected chi connectivity index (χ4v) is 1.78. The van der Waals surface area contributed by atoms with E-state index in [9.17, 15) is 4.79 Å². The molecular formula is C16H20N4O2. The Morgan fingerprint density at radius 1 is 1.23 bits per heavy atom. The number of hydrogen-bond donors (Lipinski definition) is 2. The van der Waals surface area contributed by atoms with Crippen molar-refractivity contribution in [3.05, 3.63) is 42.2 Å². The van der Waals surface area contributed by atoms with Gasteiger partial charge in [-0.15, -0.1) is 0 Å². The lowest BCUT2D eigenvalue weighted by Gasteiger charge is -2.20. The highest BCUT2D eigenvalue weighted by Crippen LogP contribution is 2.19. The summed E-state index contributed by atoms with van der Waals surface area (Å²) in [5, 5.41) is 5.92. The van der Waals surface area contributed by atoms with Crippen molar-refractivity contribution >= 4 is 17.5 Å². The van der Waals surface area contributed by atoms with Crippen LogP contribution in [0.3, 0.4) is 0 Å². The van der Waals surface area contributed by atoms with Gasteiger partial charge >= 0.3 is 0 Å². The molecule has 0 aliphatic rings. The van der Waals surface area contributed by atoms with Crippen LogP contribution in [0.15, 0.2) is 36.5 Å². The molecule has 0 saturated carbocycles. The van der Waals surface area contributed by atoms with E-state index in [4.69, 9.17) is 4.74 Å². The Bertz CT molecular complexity index is 665. The van der Waals surface area contributed by atoms with Gasteiger partial charge in [0.25, 0.3) is 5.91 Å². The van der Waals surface area contributed by atoms with Gasteiger partial charge in [0, 0.05) is 23.5 Å². The van der Waals surface area contributed by atoms with Crippen LogP contribution in [0.25, 0.3) is 0 Å². The Morgan fingerprint density at radius 2 is 2.00 bits per heavy atom. The summed E-state index contributed by atoms with van der Waals surface area (Å²) in [6.45, 7) is 5.75. The topological polar surface area (TPSA) is 76.1 Å². The Labute approximate surface area is 129 Å². The second-order valence-corrected chi connectivity index (χ2v) is 5.83. The SMILES string of the molecule is COc1cccc(Nc2nccc(C(=O)NC(C)(C)C)n2)c1. The van der Waals surface area contributed by atoms with Gasteiger partial charge in [0.2, 0.25) is 5.95 Å². The minimum Gasteiger partial charge on any atom is -0.497 e. The molecule has 1 aromatic carbocycles. The van der Waals surface area contributed by atoms with Crippen LogP contribution in [-0.2, 0) is 0 Å². The zero-order valence-corrected chi connectivity index (χ0v) is 13.2. The number of nitrogens with zero attached hydrogens (tertiary/aromatic N) is 2. The molecular weight excluding hydrogens is 280 g/mol. The average molecular weight is 300 g/mol.